The van der Waals surface area contributed by atoms with Gasteiger partial charge in [0, 0.05) is 13.7 Å². The first-order valence-electron chi connectivity index (χ1n) is 6.57. The lowest BCUT2D eigenvalue weighted by molar-refractivity contribution is 0.196. The third kappa shape index (κ3) is 5.61. The van der Waals surface area contributed by atoms with Crippen molar-refractivity contribution < 1.29 is 9.13 Å². The average Bonchev–Trinajstić information content (AvgIpc) is 2.35. The molecule has 0 fully saturated rings. The van der Waals surface area contributed by atoms with Gasteiger partial charge in [-0.15, -0.1) is 0 Å². The quantitative estimate of drug-likeness (QED) is 0.719. The van der Waals surface area contributed by atoms with Crippen LogP contribution < -0.4 is 5.32 Å². The molecule has 0 saturated heterocycles. The SMILES string of the molecule is COCCNCC(Cc1ccc(F)cc1)C(C)C. The first kappa shape index (κ1) is 15.1. The van der Waals surface area contributed by atoms with Crippen LogP contribution >= 0.6 is 0 Å². The molecule has 0 heterocycles. The molecular formula is C15H24FNO. The first-order valence-corrected chi connectivity index (χ1v) is 6.57. The van der Waals surface area contributed by atoms with Crippen molar-refractivity contribution in [1.29, 1.82) is 0 Å². The summed E-state index contributed by atoms with van der Waals surface area (Å²) in [7, 11) is 1.71. The molecule has 0 aromatic heterocycles. The van der Waals surface area contributed by atoms with Crippen LogP contribution in [0, 0.1) is 17.7 Å². The summed E-state index contributed by atoms with van der Waals surface area (Å²) < 4.78 is 17.9. The van der Waals surface area contributed by atoms with E-state index >= 15 is 0 Å². The van der Waals surface area contributed by atoms with Crippen LogP contribution in [-0.2, 0) is 11.2 Å². The molecule has 102 valence electrons. The van der Waals surface area contributed by atoms with E-state index in [1.165, 1.54) is 17.7 Å². The molecule has 0 saturated carbocycles. The molecule has 1 atom stereocenters. The molecule has 1 aromatic carbocycles. The van der Waals surface area contributed by atoms with Gasteiger partial charge in [-0.3, -0.25) is 0 Å². The van der Waals surface area contributed by atoms with Crippen molar-refractivity contribution in [2.45, 2.75) is 20.3 Å². The van der Waals surface area contributed by atoms with Gasteiger partial charge in [-0.2, -0.15) is 0 Å². The highest BCUT2D eigenvalue weighted by molar-refractivity contribution is 5.16. The smallest absolute Gasteiger partial charge is 0.123 e. The Kier molecular flexibility index (Phi) is 6.91. The van der Waals surface area contributed by atoms with Gasteiger partial charge >= 0.3 is 0 Å². The maximum atomic E-state index is 12.8. The Labute approximate surface area is 110 Å². The van der Waals surface area contributed by atoms with Crippen molar-refractivity contribution >= 4 is 0 Å². The third-order valence-electron chi connectivity index (χ3n) is 3.24. The summed E-state index contributed by atoms with van der Waals surface area (Å²) in [5.74, 6) is 0.996. The zero-order valence-electron chi connectivity index (χ0n) is 11.6. The second-order valence-electron chi connectivity index (χ2n) is 5.03. The van der Waals surface area contributed by atoms with Crippen molar-refractivity contribution in [3.8, 4) is 0 Å². The Morgan fingerprint density at radius 2 is 1.89 bits per heavy atom. The van der Waals surface area contributed by atoms with Crippen LogP contribution in [-0.4, -0.2) is 26.8 Å². The fourth-order valence-corrected chi connectivity index (χ4v) is 1.93. The van der Waals surface area contributed by atoms with Crippen LogP contribution in [0.4, 0.5) is 4.39 Å². The monoisotopic (exact) mass is 253 g/mol. The number of nitrogens with one attached hydrogen (secondary N) is 1. The lowest BCUT2D eigenvalue weighted by atomic mass is 9.89. The standard InChI is InChI=1S/C15H24FNO/c1-12(2)14(11-17-8-9-18-3)10-13-4-6-15(16)7-5-13/h4-7,12,14,17H,8-11H2,1-3H3. The molecular weight excluding hydrogens is 229 g/mol. The fraction of sp³-hybridized carbons (Fsp3) is 0.600. The minimum absolute atomic E-state index is 0.168. The summed E-state index contributed by atoms with van der Waals surface area (Å²) >= 11 is 0. The van der Waals surface area contributed by atoms with Gasteiger partial charge in [0.2, 0.25) is 0 Å². The Morgan fingerprint density at radius 1 is 1.22 bits per heavy atom. The van der Waals surface area contributed by atoms with Crippen LogP contribution in [0.25, 0.3) is 0 Å². The fourth-order valence-electron chi connectivity index (χ4n) is 1.93. The summed E-state index contributed by atoms with van der Waals surface area (Å²) in [4.78, 5) is 0. The number of hydrogen-bond donors (Lipinski definition) is 1. The molecule has 1 unspecified atom stereocenters. The average molecular weight is 253 g/mol. The maximum absolute atomic E-state index is 12.8. The molecule has 0 radical (unpaired) electrons. The Morgan fingerprint density at radius 3 is 2.44 bits per heavy atom. The molecule has 3 heteroatoms. The predicted octanol–water partition coefficient (Wildman–Crippen LogP) is 2.88. The first-order chi connectivity index (χ1) is 8.63. The van der Waals surface area contributed by atoms with Crippen LogP contribution in [0.3, 0.4) is 0 Å². The van der Waals surface area contributed by atoms with Crippen LogP contribution in [0.5, 0.6) is 0 Å². The number of benzene rings is 1. The zero-order valence-corrected chi connectivity index (χ0v) is 11.6. The van der Waals surface area contributed by atoms with E-state index in [0.29, 0.717) is 11.8 Å². The molecule has 0 aliphatic rings. The molecule has 2 nitrogen and oxygen atoms in total. The van der Waals surface area contributed by atoms with Crippen LogP contribution in [0.2, 0.25) is 0 Å². The molecule has 1 N–H and O–H groups in total. The second-order valence-corrected chi connectivity index (χ2v) is 5.03. The molecule has 0 aliphatic heterocycles. The van der Waals surface area contributed by atoms with Crippen molar-refractivity contribution in [3.05, 3.63) is 35.6 Å². The van der Waals surface area contributed by atoms with Gasteiger partial charge in [-0.1, -0.05) is 26.0 Å². The Balaban J connectivity index is 2.44. The molecule has 1 aromatic rings. The molecule has 0 spiro atoms. The molecule has 0 bridgehead atoms. The van der Waals surface area contributed by atoms with Crippen molar-refractivity contribution in [2.75, 3.05) is 26.8 Å². The molecule has 0 amide bonds. The number of ether oxygens (including phenoxy) is 1. The van der Waals surface area contributed by atoms with E-state index in [9.17, 15) is 4.39 Å². The van der Waals surface area contributed by atoms with Crippen molar-refractivity contribution in [1.82, 2.24) is 5.32 Å². The Bertz CT molecular complexity index is 324. The highest BCUT2D eigenvalue weighted by Crippen LogP contribution is 2.17. The normalized spacial score (nSPS) is 12.9. The molecule has 0 aliphatic carbocycles. The van der Waals surface area contributed by atoms with E-state index in [1.54, 1.807) is 7.11 Å². The topological polar surface area (TPSA) is 21.3 Å². The van der Waals surface area contributed by atoms with Gasteiger partial charge in [-0.05, 0) is 42.5 Å². The van der Waals surface area contributed by atoms with E-state index in [1.807, 2.05) is 12.1 Å². The third-order valence-corrected chi connectivity index (χ3v) is 3.24. The van der Waals surface area contributed by atoms with E-state index in [2.05, 4.69) is 19.2 Å². The summed E-state index contributed by atoms with van der Waals surface area (Å²) in [5.41, 5.74) is 1.20. The molecule has 18 heavy (non-hydrogen) atoms. The van der Waals surface area contributed by atoms with Gasteiger partial charge in [0.1, 0.15) is 5.82 Å². The zero-order chi connectivity index (χ0) is 13.4. The van der Waals surface area contributed by atoms with E-state index in [4.69, 9.17) is 4.74 Å². The summed E-state index contributed by atoms with van der Waals surface area (Å²) in [6.07, 6.45) is 0.984. The summed E-state index contributed by atoms with van der Waals surface area (Å²) in [6, 6.07) is 6.82. The second kappa shape index (κ2) is 8.22. The maximum Gasteiger partial charge on any atom is 0.123 e. The summed E-state index contributed by atoms with van der Waals surface area (Å²) in [5, 5.41) is 3.40. The highest BCUT2D eigenvalue weighted by atomic mass is 19.1. The lowest BCUT2D eigenvalue weighted by Crippen LogP contribution is -2.30. The van der Waals surface area contributed by atoms with E-state index in [0.717, 1.165) is 26.1 Å². The lowest BCUT2D eigenvalue weighted by Gasteiger charge is -2.21. The van der Waals surface area contributed by atoms with Gasteiger partial charge in [0.25, 0.3) is 0 Å². The van der Waals surface area contributed by atoms with Crippen LogP contribution in [0.15, 0.2) is 24.3 Å². The number of hydrogen-bond acceptors (Lipinski definition) is 2. The van der Waals surface area contributed by atoms with Gasteiger partial charge < -0.3 is 10.1 Å². The summed E-state index contributed by atoms with van der Waals surface area (Å²) in [6.45, 7) is 7.04. The van der Waals surface area contributed by atoms with E-state index in [-0.39, 0.29) is 5.82 Å². The molecule has 1 rings (SSSR count). The van der Waals surface area contributed by atoms with Gasteiger partial charge in [0.15, 0.2) is 0 Å². The largest absolute Gasteiger partial charge is 0.383 e. The number of halogens is 1. The predicted molar refractivity (Wildman–Crippen MR) is 73.2 cm³/mol. The minimum atomic E-state index is -0.168. The number of rotatable bonds is 8. The number of methoxy groups -OCH3 is 1. The van der Waals surface area contributed by atoms with Gasteiger partial charge in [-0.25, -0.2) is 4.39 Å². The van der Waals surface area contributed by atoms with Crippen LogP contribution in [0.1, 0.15) is 19.4 Å². The minimum Gasteiger partial charge on any atom is -0.383 e. The van der Waals surface area contributed by atoms with Crippen molar-refractivity contribution in [3.63, 3.8) is 0 Å². The van der Waals surface area contributed by atoms with Crippen molar-refractivity contribution in [2.24, 2.45) is 11.8 Å². The highest BCUT2D eigenvalue weighted by Gasteiger charge is 2.13. The Hall–Kier alpha value is -0.930. The van der Waals surface area contributed by atoms with Gasteiger partial charge in [0.05, 0.1) is 6.61 Å². The van der Waals surface area contributed by atoms with E-state index < -0.39 is 0 Å².